The van der Waals surface area contributed by atoms with Crippen molar-refractivity contribution in [1.82, 2.24) is 48.8 Å². The van der Waals surface area contributed by atoms with Gasteiger partial charge in [-0.2, -0.15) is 0 Å². The van der Waals surface area contributed by atoms with E-state index in [1.807, 2.05) is 30.3 Å². The van der Waals surface area contributed by atoms with Crippen LogP contribution < -0.4 is 26.0 Å². The normalized spacial score (nSPS) is 12.9. The van der Waals surface area contributed by atoms with Crippen molar-refractivity contribution in [3.63, 3.8) is 0 Å². The van der Waals surface area contributed by atoms with Gasteiger partial charge in [0.05, 0.1) is 42.0 Å². The van der Waals surface area contributed by atoms with Gasteiger partial charge in [-0.05, 0) is 190 Å². The second kappa shape index (κ2) is 50.7. The molecule has 4 N–H and O–H groups in total. The Morgan fingerprint density at radius 2 is 0.626 bits per heavy atom. The van der Waals surface area contributed by atoms with Crippen molar-refractivity contribution < 1.29 is 4.74 Å². The van der Waals surface area contributed by atoms with Crippen LogP contribution in [0.5, 0.6) is 5.75 Å². The second-order valence-electron chi connectivity index (χ2n) is 33.4. The van der Waals surface area contributed by atoms with Crippen LogP contribution >= 0.6 is 0 Å². The molecule has 4 aromatic heterocycles. The number of hydrogen-bond acceptors (Lipinski definition) is 9. The highest BCUT2D eigenvalue weighted by Crippen LogP contribution is 2.38. The zero-order valence-corrected chi connectivity index (χ0v) is 75.6. The van der Waals surface area contributed by atoms with Gasteiger partial charge in [0.15, 0.2) is 0 Å². The molecule has 4 heterocycles. The number of methoxy groups -OCH3 is 1. The third-order valence-electron chi connectivity index (χ3n) is 23.8. The van der Waals surface area contributed by atoms with Crippen LogP contribution in [0.3, 0.4) is 0 Å². The first-order valence-corrected chi connectivity index (χ1v) is 46.2. The zero-order chi connectivity index (χ0) is 85.6. The summed E-state index contributed by atoms with van der Waals surface area (Å²) in [5.41, 5.74) is 21.4. The number of aryl methyl sites for hydroxylation is 9. The summed E-state index contributed by atoms with van der Waals surface area (Å²) in [4.78, 5) is 20.2. The molecule has 1 aliphatic rings. The SMILES string of the molecule is C.CCCCNC(c1ccc(CCCC)cc1)c1nc(-c2ccccc2)cn1C.CCCCNC(c1nc(-c2ccccc2)cn1C)C1CCCCC1.CCCCc1ccc(NC(c2ccc(CCCC)cc2)c2nc(-c3ccccc3)cn2C)cc1.CCCCc1ccc(NC(c2ccc(CCCC)cc2)c2nc(-c3ccccc3OC)cn2C)cc1. The number of rotatable bonds is 40. The maximum absolute atomic E-state index is 5.61. The molecule has 9 aromatic carbocycles. The van der Waals surface area contributed by atoms with E-state index in [4.69, 9.17) is 24.7 Å². The predicted molar refractivity (Wildman–Crippen MR) is 521 cm³/mol. The minimum atomic E-state index is -0.0832. The highest BCUT2D eigenvalue weighted by Gasteiger charge is 2.30. The standard InChI is InChI=1S/C32H39N3O.C31H37N3.C25H33N3.C21H31N3.CH4/c1-5-7-11-24-15-19-26(20-16-24)31(33-27-21-17-25(18-22-27)12-8-6-2)32-34-29(23-35(32)3)28-13-9-10-14-30(28)36-4;1-4-6-11-24-15-19-27(20-16-24)30(32-28-21-17-25(18-22-28)12-7-5-2)31-33-29(23-34(31)3)26-13-9-8-10-14-26;1-4-6-11-20-14-16-22(17-15-20)24(26-18-7-5-2)25-27-23(19-28(25)3)21-12-9-8-10-13-21;1-3-4-15-22-20(18-13-9-6-10-14-18)21-23-19(16-24(21)2)17-11-7-5-8-12-17;/h9-10,13-23,31,33H,5-8,11-12H2,1-4H3;8-10,13-23,30,32H,4-7,11-12H2,1-3H3;8-10,12-17,19,24,26H,4-7,11,18H2,1-3H3;5,7-8,11-12,16,18,20,22H,3-4,6,9-10,13-15H2,1-2H3;1H4. The number of benzene rings is 9. The molecular formula is C110H144N12O. The van der Waals surface area contributed by atoms with Gasteiger partial charge < -0.3 is 44.3 Å². The van der Waals surface area contributed by atoms with Gasteiger partial charge in [0, 0.05) is 86.6 Å². The van der Waals surface area contributed by atoms with E-state index in [1.54, 1.807) is 7.11 Å². The molecule has 4 atom stereocenters. The van der Waals surface area contributed by atoms with Gasteiger partial charge in [-0.1, -0.05) is 320 Å². The third-order valence-corrected chi connectivity index (χ3v) is 23.8. The van der Waals surface area contributed by atoms with Crippen molar-refractivity contribution in [2.24, 2.45) is 34.1 Å². The predicted octanol–water partition coefficient (Wildman–Crippen LogP) is 27.6. The molecule has 650 valence electrons. The molecule has 0 aliphatic heterocycles. The van der Waals surface area contributed by atoms with E-state index in [1.165, 1.54) is 178 Å². The summed E-state index contributed by atoms with van der Waals surface area (Å²) in [5.74, 6) is 5.80. The van der Waals surface area contributed by atoms with E-state index in [2.05, 4.69) is 347 Å². The van der Waals surface area contributed by atoms with E-state index >= 15 is 0 Å². The van der Waals surface area contributed by atoms with E-state index in [-0.39, 0.29) is 25.6 Å². The number of nitrogens with one attached hydrogen (secondary N) is 4. The van der Waals surface area contributed by atoms with Crippen LogP contribution in [-0.2, 0) is 60.3 Å². The maximum Gasteiger partial charge on any atom is 0.136 e. The number of aromatic nitrogens is 8. The lowest BCUT2D eigenvalue weighted by atomic mass is 9.83. The summed E-state index contributed by atoms with van der Waals surface area (Å²) in [5, 5.41) is 15.1. The van der Waals surface area contributed by atoms with Crippen molar-refractivity contribution in [3.05, 3.63) is 329 Å². The van der Waals surface area contributed by atoms with Crippen LogP contribution in [0.2, 0.25) is 0 Å². The van der Waals surface area contributed by atoms with Crippen molar-refractivity contribution in [2.75, 3.05) is 30.8 Å². The Morgan fingerprint density at radius 3 is 0.992 bits per heavy atom. The van der Waals surface area contributed by atoms with Crippen LogP contribution in [0, 0.1) is 5.92 Å². The fourth-order valence-corrected chi connectivity index (χ4v) is 16.4. The molecule has 0 radical (unpaired) electrons. The Bertz CT molecular complexity index is 5080. The molecule has 4 unspecified atom stereocenters. The molecule has 13 nitrogen and oxygen atoms in total. The lowest BCUT2D eigenvalue weighted by Crippen LogP contribution is -2.32. The minimum absolute atomic E-state index is 0. The van der Waals surface area contributed by atoms with Gasteiger partial charge >= 0.3 is 0 Å². The molecule has 0 bridgehead atoms. The first kappa shape index (κ1) is 94.4. The van der Waals surface area contributed by atoms with Crippen LogP contribution in [-0.4, -0.2) is 58.4 Å². The van der Waals surface area contributed by atoms with E-state index in [0.717, 1.165) is 125 Å². The van der Waals surface area contributed by atoms with Crippen molar-refractivity contribution in [3.8, 4) is 50.8 Å². The number of imidazole rings is 4. The topological polar surface area (TPSA) is 129 Å². The summed E-state index contributed by atoms with van der Waals surface area (Å²) in [6.07, 6.45) is 38.1. The summed E-state index contributed by atoms with van der Waals surface area (Å²) >= 11 is 0. The Labute approximate surface area is 739 Å². The number of ether oxygens (including phenoxy) is 1. The van der Waals surface area contributed by atoms with E-state index in [0.29, 0.717) is 6.04 Å². The van der Waals surface area contributed by atoms with Crippen LogP contribution in [0.1, 0.15) is 270 Å². The second-order valence-corrected chi connectivity index (χ2v) is 33.4. The van der Waals surface area contributed by atoms with Gasteiger partial charge in [0.1, 0.15) is 41.1 Å². The number of unbranched alkanes of at least 4 members (excludes halogenated alkanes) is 7. The van der Waals surface area contributed by atoms with Crippen LogP contribution in [0.4, 0.5) is 11.4 Å². The Kier molecular flexibility index (Phi) is 38.9. The number of para-hydroxylation sites is 1. The highest BCUT2D eigenvalue weighted by molar-refractivity contribution is 5.68. The van der Waals surface area contributed by atoms with Crippen molar-refractivity contribution >= 4 is 11.4 Å². The number of hydrogen-bond donors (Lipinski definition) is 4. The smallest absolute Gasteiger partial charge is 0.136 e. The molecule has 0 amide bonds. The summed E-state index contributed by atoms with van der Waals surface area (Å²) in [7, 11) is 10.1. The molecular weight excluding hydrogens is 1510 g/mol. The first-order valence-electron chi connectivity index (χ1n) is 46.2. The summed E-state index contributed by atoms with van der Waals surface area (Å²) < 4.78 is 14.3. The molecule has 14 rings (SSSR count). The van der Waals surface area contributed by atoms with Crippen LogP contribution in [0.15, 0.2) is 261 Å². The van der Waals surface area contributed by atoms with Gasteiger partial charge in [0.2, 0.25) is 0 Å². The van der Waals surface area contributed by atoms with E-state index < -0.39 is 0 Å². The highest BCUT2D eigenvalue weighted by atomic mass is 16.5. The minimum Gasteiger partial charge on any atom is -0.496 e. The monoisotopic (exact) mass is 1650 g/mol. The summed E-state index contributed by atoms with van der Waals surface area (Å²) in [6.45, 7) is 17.8. The van der Waals surface area contributed by atoms with Gasteiger partial charge in [-0.25, -0.2) is 19.9 Å². The first-order chi connectivity index (χ1) is 59.8. The average Bonchev–Trinajstić information content (AvgIpc) is 1.72. The Hall–Kier alpha value is -10.9. The van der Waals surface area contributed by atoms with Gasteiger partial charge in [-0.15, -0.1) is 0 Å². The summed E-state index contributed by atoms with van der Waals surface area (Å²) in [6, 6.07) is 84.7. The molecule has 1 saturated carbocycles. The average molecular weight is 1650 g/mol. The molecule has 1 aliphatic carbocycles. The molecule has 13 aromatic rings. The molecule has 0 spiro atoms. The third kappa shape index (κ3) is 27.8. The van der Waals surface area contributed by atoms with Crippen LogP contribution in [0.25, 0.3) is 45.0 Å². The zero-order valence-electron chi connectivity index (χ0n) is 75.6. The number of nitrogens with zero attached hydrogens (tertiary/aromatic N) is 8. The quantitative estimate of drug-likeness (QED) is 0.0278. The maximum atomic E-state index is 5.61. The van der Waals surface area contributed by atoms with Gasteiger partial charge in [0.25, 0.3) is 0 Å². The fourth-order valence-electron chi connectivity index (χ4n) is 16.4. The molecule has 123 heavy (non-hydrogen) atoms. The van der Waals surface area contributed by atoms with Crippen molar-refractivity contribution in [2.45, 2.75) is 234 Å². The lowest BCUT2D eigenvalue weighted by molar-refractivity contribution is 0.260. The molecule has 13 heteroatoms. The fraction of sp³-hybridized carbons (Fsp3) is 0.400. The molecule has 1 fully saturated rings. The molecule has 0 saturated heterocycles. The van der Waals surface area contributed by atoms with E-state index in [9.17, 15) is 0 Å². The van der Waals surface area contributed by atoms with Crippen molar-refractivity contribution in [1.29, 1.82) is 0 Å². The Balaban J connectivity index is 0.000000173. The Morgan fingerprint density at radius 1 is 0.325 bits per heavy atom. The lowest BCUT2D eigenvalue weighted by Gasteiger charge is -2.30. The van der Waals surface area contributed by atoms with Gasteiger partial charge in [-0.3, -0.25) is 0 Å². The largest absolute Gasteiger partial charge is 0.496 e. The number of anilines is 2.